The largest absolute Gasteiger partial charge is 0.371 e. The molecule has 1 N–H and O–H groups in total. The molecule has 4 heteroatoms. The van der Waals surface area contributed by atoms with Gasteiger partial charge in [-0.15, -0.1) is 0 Å². The first-order chi connectivity index (χ1) is 15.5. The molecule has 4 nitrogen and oxygen atoms in total. The molecule has 2 aliphatic rings. The summed E-state index contributed by atoms with van der Waals surface area (Å²) < 4.78 is 0. The van der Waals surface area contributed by atoms with Crippen LogP contribution in [0, 0.1) is 11.8 Å². The van der Waals surface area contributed by atoms with Crippen molar-refractivity contribution in [1.29, 1.82) is 0 Å². The number of nitrogens with one attached hydrogen (secondary N) is 1. The number of carbonyl (C=O) groups excluding carboxylic acids is 1. The van der Waals surface area contributed by atoms with Gasteiger partial charge in [0.15, 0.2) is 0 Å². The summed E-state index contributed by atoms with van der Waals surface area (Å²) in [6.07, 6.45) is 5.23. The lowest BCUT2D eigenvalue weighted by molar-refractivity contribution is 0.0940. The molecule has 1 amide bonds. The van der Waals surface area contributed by atoms with Crippen LogP contribution in [-0.2, 0) is 6.54 Å². The summed E-state index contributed by atoms with van der Waals surface area (Å²) >= 11 is 0. The quantitative estimate of drug-likeness (QED) is 0.640. The molecule has 2 heterocycles. The zero-order valence-electron chi connectivity index (χ0n) is 20.0. The average molecular weight is 434 g/mol. The van der Waals surface area contributed by atoms with Crippen molar-refractivity contribution in [3.05, 3.63) is 65.2 Å². The highest BCUT2D eigenvalue weighted by molar-refractivity contribution is 5.94. The van der Waals surface area contributed by atoms with Gasteiger partial charge in [0, 0.05) is 37.4 Å². The number of carbonyl (C=O) groups is 1. The van der Waals surface area contributed by atoms with E-state index in [2.05, 4.69) is 72.3 Å². The van der Waals surface area contributed by atoms with Crippen molar-refractivity contribution >= 4 is 11.6 Å². The van der Waals surface area contributed by atoms with Crippen molar-refractivity contribution in [2.45, 2.75) is 59.0 Å². The van der Waals surface area contributed by atoms with Gasteiger partial charge in [0.05, 0.1) is 6.04 Å². The second-order valence-electron chi connectivity index (χ2n) is 10.2. The number of hydrogen-bond acceptors (Lipinski definition) is 3. The smallest absolute Gasteiger partial charge is 0.251 e. The highest BCUT2D eigenvalue weighted by atomic mass is 16.1. The van der Waals surface area contributed by atoms with Crippen LogP contribution in [0.4, 0.5) is 5.69 Å². The van der Waals surface area contributed by atoms with Gasteiger partial charge in [-0.25, -0.2) is 0 Å². The summed E-state index contributed by atoms with van der Waals surface area (Å²) in [4.78, 5) is 17.8. The minimum atomic E-state index is -0.0219. The third-order valence-electron chi connectivity index (χ3n) is 7.13. The van der Waals surface area contributed by atoms with Crippen LogP contribution >= 0.6 is 0 Å². The van der Waals surface area contributed by atoms with E-state index in [0.717, 1.165) is 42.6 Å². The molecule has 0 aliphatic carbocycles. The van der Waals surface area contributed by atoms with E-state index in [1.165, 1.54) is 50.0 Å². The average Bonchev–Trinajstić information content (AvgIpc) is 2.79. The summed E-state index contributed by atoms with van der Waals surface area (Å²) in [6, 6.07) is 16.8. The normalized spacial score (nSPS) is 23.0. The summed E-state index contributed by atoms with van der Waals surface area (Å²) in [5.74, 6) is 1.54. The van der Waals surface area contributed by atoms with Gasteiger partial charge >= 0.3 is 0 Å². The van der Waals surface area contributed by atoms with Gasteiger partial charge in [0.25, 0.3) is 5.91 Å². The Balaban J connectivity index is 1.31. The predicted molar refractivity (Wildman–Crippen MR) is 133 cm³/mol. The minimum absolute atomic E-state index is 0.00965. The lowest BCUT2D eigenvalue weighted by Crippen LogP contribution is -2.34. The molecule has 2 aromatic carbocycles. The van der Waals surface area contributed by atoms with Gasteiger partial charge in [-0.1, -0.05) is 38.1 Å². The highest BCUT2D eigenvalue weighted by Gasteiger charge is 2.18. The Morgan fingerprint density at radius 2 is 1.59 bits per heavy atom. The molecular weight excluding hydrogens is 394 g/mol. The molecule has 0 bridgehead atoms. The summed E-state index contributed by atoms with van der Waals surface area (Å²) in [5.41, 5.74) is 4.44. The Kier molecular flexibility index (Phi) is 7.51. The molecule has 2 aromatic rings. The molecule has 0 unspecified atom stereocenters. The zero-order chi connectivity index (χ0) is 22.5. The van der Waals surface area contributed by atoms with Gasteiger partial charge < -0.3 is 10.2 Å². The van der Waals surface area contributed by atoms with E-state index in [1.807, 2.05) is 12.1 Å². The van der Waals surface area contributed by atoms with Crippen molar-refractivity contribution in [3.8, 4) is 0 Å². The molecule has 172 valence electrons. The fourth-order valence-corrected chi connectivity index (χ4v) is 5.21. The molecule has 0 spiro atoms. The SMILES string of the molecule is C[C@@H]1CCCN(Cc2ccc(C(=O)N[C@@H](C)c3ccc(N4CCC[C@H](C)C4)cc3)cc2)C1. The van der Waals surface area contributed by atoms with E-state index in [-0.39, 0.29) is 11.9 Å². The highest BCUT2D eigenvalue weighted by Crippen LogP contribution is 2.25. The van der Waals surface area contributed by atoms with Crippen LogP contribution in [0.2, 0.25) is 0 Å². The van der Waals surface area contributed by atoms with Crippen molar-refractivity contribution in [1.82, 2.24) is 10.2 Å². The number of nitrogens with zero attached hydrogens (tertiary/aromatic N) is 2. The number of piperidine rings is 2. The van der Waals surface area contributed by atoms with E-state index in [4.69, 9.17) is 0 Å². The fraction of sp³-hybridized carbons (Fsp3) is 0.536. The lowest BCUT2D eigenvalue weighted by atomic mass is 9.99. The molecule has 32 heavy (non-hydrogen) atoms. The first-order valence-electron chi connectivity index (χ1n) is 12.4. The van der Waals surface area contributed by atoms with Crippen LogP contribution in [0.25, 0.3) is 0 Å². The van der Waals surface area contributed by atoms with Crippen LogP contribution in [0.1, 0.15) is 74.0 Å². The second-order valence-corrected chi connectivity index (χ2v) is 10.2. The Hall–Kier alpha value is -2.33. The Morgan fingerprint density at radius 1 is 0.938 bits per heavy atom. The third-order valence-corrected chi connectivity index (χ3v) is 7.13. The van der Waals surface area contributed by atoms with Crippen molar-refractivity contribution < 1.29 is 4.79 Å². The van der Waals surface area contributed by atoms with E-state index >= 15 is 0 Å². The molecule has 2 aliphatic heterocycles. The van der Waals surface area contributed by atoms with Gasteiger partial charge in [0.2, 0.25) is 0 Å². The monoisotopic (exact) mass is 433 g/mol. The van der Waals surface area contributed by atoms with E-state index in [1.54, 1.807) is 0 Å². The van der Waals surface area contributed by atoms with E-state index < -0.39 is 0 Å². The first-order valence-corrected chi connectivity index (χ1v) is 12.4. The summed E-state index contributed by atoms with van der Waals surface area (Å²) in [6.45, 7) is 12.3. The van der Waals surface area contributed by atoms with Crippen molar-refractivity contribution in [2.75, 3.05) is 31.1 Å². The lowest BCUT2D eigenvalue weighted by Gasteiger charge is -2.33. The predicted octanol–water partition coefficient (Wildman–Crippen LogP) is 5.65. The Bertz CT molecular complexity index is 877. The standard InChI is InChI=1S/C28H39N3O/c1-21-6-4-16-30(18-21)20-24-8-10-26(11-9-24)28(32)29-23(3)25-12-14-27(15-13-25)31-17-5-7-22(2)19-31/h8-15,21-23H,4-7,16-20H2,1-3H3,(H,29,32)/t21-,22+,23+/m1/s1. The number of amides is 1. The zero-order valence-corrected chi connectivity index (χ0v) is 20.0. The van der Waals surface area contributed by atoms with Crippen LogP contribution < -0.4 is 10.2 Å². The molecule has 2 saturated heterocycles. The van der Waals surface area contributed by atoms with Crippen LogP contribution in [0.15, 0.2) is 48.5 Å². The molecule has 2 fully saturated rings. The maximum atomic E-state index is 12.8. The number of hydrogen-bond donors (Lipinski definition) is 1. The number of benzene rings is 2. The molecule has 3 atom stereocenters. The summed E-state index contributed by atoms with van der Waals surface area (Å²) in [5, 5.41) is 3.16. The van der Waals surface area contributed by atoms with Crippen molar-refractivity contribution in [2.24, 2.45) is 11.8 Å². The molecular formula is C28H39N3O. The van der Waals surface area contributed by atoms with E-state index in [0.29, 0.717) is 0 Å². The van der Waals surface area contributed by atoms with Gasteiger partial charge in [-0.3, -0.25) is 9.69 Å². The minimum Gasteiger partial charge on any atom is -0.371 e. The van der Waals surface area contributed by atoms with Gasteiger partial charge in [-0.2, -0.15) is 0 Å². The molecule has 0 saturated carbocycles. The van der Waals surface area contributed by atoms with Gasteiger partial charge in [-0.05, 0) is 86.4 Å². The Morgan fingerprint density at radius 3 is 2.25 bits per heavy atom. The summed E-state index contributed by atoms with van der Waals surface area (Å²) in [7, 11) is 0. The molecule has 0 radical (unpaired) electrons. The number of anilines is 1. The Labute approximate surface area is 194 Å². The molecule has 4 rings (SSSR count). The maximum Gasteiger partial charge on any atom is 0.251 e. The van der Waals surface area contributed by atoms with Crippen LogP contribution in [-0.4, -0.2) is 37.0 Å². The second kappa shape index (κ2) is 10.5. The maximum absolute atomic E-state index is 12.8. The number of rotatable bonds is 6. The van der Waals surface area contributed by atoms with E-state index in [9.17, 15) is 4.79 Å². The first kappa shape index (κ1) is 22.8. The van der Waals surface area contributed by atoms with Crippen LogP contribution in [0.5, 0.6) is 0 Å². The fourth-order valence-electron chi connectivity index (χ4n) is 5.21. The third kappa shape index (κ3) is 5.92. The number of likely N-dealkylation sites (tertiary alicyclic amines) is 1. The van der Waals surface area contributed by atoms with Crippen molar-refractivity contribution in [3.63, 3.8) is 0 Å². The van der Waals surface area contributed by atoms with Gasteiger partial charge in [0.1, 0.15) is 0 Å². The molecule has 0 aromatic heterocycles. The topological polar surface area (TPSA) is 35.6 Å². The van der Waals surface area contributed by atoms with Crippen LogP contribution in [0.3, 0.4) is 0 Å².